The van der Waals surface area contributed by atoms with E-state index in [1.54, 1.807) is 0 Å². The van der Waals surface area contributed by atoms with Crippen molar-refractivity contribution in [1.29, 1.82) is 0 Å². The van der Waals surface area contributed by atoms with Crippen molar-refractivity contribution in [1.82, 2.24) is 4.90 Å². The van der Waals surface area contributed by atoms with Crippen LogP contribution in [0.2, 0.25) is 0 Å². The maximum Gasteiger partial charge on any atom is 0.145 e. The van der Waals surface area contributed by atoms with Gasteiger partial charge in [0.1, 0.15) is 12.4 Å². The Kier molecular flexibility index (Phi) is 3.97. The van der Waals surface area contributed by atoms with Gasteiger partial charge in [-0.3, -0.25) is 0 Å². The molecule has 84 valence electrons. The molecule has 0 aliphatic rings. The average Bonchev–Trinajstić information content (AvgIpc) is 2.08. The minimum atomic E-state index is 0.668. The molecule has 0 bridgehead atoms. The van der Waals surface area contributed by atoms with Crippen molar-refractivity contribution in [3.05, 3.63) is 23.3 Å². The number of hydrogen-bond donors (Lipinski definition) is 1. The molecule has 0 fully saturated rings. The smallest absolute Gasteiger partial charge is 0.145 e. The minimum absolute atomic E-state index is 0.668. The molecule has 0 aromatic heterocycles. The van der Waals surface area contributed by atoms with Crippen molar-refractivity contribution in [2.45, 2.75) is 13.8 Å². The Bertz CT molecular complexity index is 311. The Morgan fingerprint density at radius 3 is 2.47 bits per heavy atom. The van der Waals surface area contributed by atoms with Crippen LogP contribution in [0.25, 0.3) is 0 Å². The van der Waals surface area contributed by atoms with Gasteiger partial charge in [0, 0.05) is 6.54 Å². The predicted octanol–water partition coefficient (Wildman–Crippen LogP) is 1.83. The van der Waals surface area contributed by atoms with Gasteiger partial charge in [-0.2, -0.15) is 0 Å². The Morgan fingerprint density at radius 1 is 1.27 bits per heavy atom. The number of ether oxygens (including phenoxy) is 1. The second-order valence-electron chi connectivity index (χ2n) is 4.15. The van der Waals surface area contributed by atoms with E-state index in [9.17, 15) is 0 Å². The third-order valence-corrected chi connectivity index (χ3v) is 2.23. The number of nitrogens with zero attached hydrogens (tertiary/aromatic N) is 1. The van der Waals surface area contributed by atoms with Gasteiger partial charge in [-0.25, -0.2) is 0 Å². The van der Waals surface area contributed by atoms with E-state index < -0.39 is 0 Å². The molecule has 1 aromatic rings. The van der Waals surface area contributed by atoms with E-state index in [0.717, 1.165) is 23.5 Å². The largest absolute Gasteiger partial charge is 0.490 e. The lowest BCUT2D eigenvalue weighted by Gasteiger charge is -2.14. The molecule has 0 radical (unpaired) electrons. The molecule has 15 heavy (non-hydrogen) atoms. The Morgan fingerprint density at radius 2 is 1.93 bits per heavy atom. The summed E-state index contributed by atoms with van der Waals surface area (Å²) < 4.78 is 5.67. The van der Waals surface area contributed by atoms with Crippen molar-refractivity contribution in [3.8, 4) is 5.75 Å². The van der Waals surface area contributed by atoms with E-state index >= 15 is 0 Å². The molecule has 0 spiro atoms. The van der Waals surface area contributed by atoms with Gasteiger partial charge in [-0.15, -0.1) is 0 Å². The van der Waals surface area contributed by atoms with Gasteiger partial charge < -0.3 is 15.4 Å². The molecule has 0 atom stereocenters. The highest BCUT2D eigenvalue weighted by atomic mass is 16.5. The third kappa shape index (κ3) is 3.44. The summed E-state index contributed by atoms with van der Waals surface area (Å²) in [6.45, 7) is 5.62. The molecule has 2 N–H and O–H groups in total. The number of hydrogen-bond acceptors (Lipinski definition) is 3. The molecule has 0 aliphatic heterocycles. The van der Waals surface area contributed by atoms with Gasteiger partial charge in [0.05, 0.1) is 5.69 Å². The van der Waals surface area contributed by atoms with E-state index in [0.29, 0.717) is 6.61 Å². The van der Waals surface area contributed by atoms with Gasteiger partial charge in [0.2, 0.25) is 0 Å². The van der Waals surface area contributed by atoms with Crippen LogP contribution in [0.4, 0.5) is 5.69 Å². The zero-order valence-corrected chi connectivity index (χ0v) is 10.0. The summed E-state index contributed by atoms with van der Waals surface area (Å²) in [4.78, 5) is 2.08. The van der Waals surface area contributed by atoms with Crippen LogP contribution >= 0.6 is 0 Å². The van der Waals surface area contributed by atoms with Gasteiger partial charge in [0.25, 0.3) is 0 Å². The highest BCUT2D eigenvalue weighted by molar-refractivity contribution is 5.58. The lowest BCUT2D eigenvalue weighted by atomic mass is 10.1. The Balaban J connectivity index is 2.68. The molecule has 3 nitrogen and oxygen atoms in total. The first-order valence-electron chi connectivity index (χ1n) is 5.15. The van der Waals surface area contributed by atoms with E-state index in [1.807, 2.05) is 34.0 Å². The summed E-state index contributed by atoms with van der Waals surface area (Å²) in [5.41, 5.74) is 8.90. The second-order valence-corrected chi connectivity index (χ2v) is 4.15. The van der Waals surface area contributed by atoms with E-state index in [1.165, 1.54) is 5.56 Å². The fraction of sp³-hybridized carbons (Fsp3) is 0.500. The lowest BCUT2D eigenvalue weighted by Crippen LogP contribution is -2.20. The van der Waals surface area contributed by atoms with Crippen molar-refractivity contribution in [2.24, 2.45) is 0 Å². The maximum atomic E-state index is 5.90. The number of anilines is 1. The summed E-state index contributed by atoms with van der Waals surface area (Å²) in [5.74, 6) is 0.822. The maximum absolute atomic E-state index is 5.90. The first kappa shape index (κ1) is 11.9. The zero-order valence-electron chi connectivity index (χ0n) is 10.0. The average molecular weight is 208 g/mol. The molecule has 3 heteroatoms. The van der Waals surface area contributed by atoms with Crippen molar-refractivity contribution in [2.75, 3.05) is 33.0 Å². The monoisotopic (exact) mass is 208 g/mol. The highest BCUT2D eigenvalue weighted by Gasteiger charge is 2.05. The summed E-state index contributed by atoms with van der Waals surface area (Å²) in [7, 11) is 4.05. The fourth-order valence-corrected chi connectivity index (χ4v) is 1.51. The first-order valence-corrected chi connectivity index (χ1v) is 5.15. The van der Waals surface area contributed by atoms with Crippen LogP contribution in [-0.4, -0.2) is 32.1 Å². The molecular formula is C12H20N2O. The minimum Gasteiger partial charge on any atom is -0.490 e. The topological polar surface area (TPSA) is 38.5 Å². The first-order chi connectivity index (χ1) is 7.00. The molecule has 0 saturated carbocycles. The molecule has 0 aliphatic carbocycles. The van der Waals surface area contributed by atoms with Crippen molar-refractivity contribution >= 4 is 5.69 Å². The van der Waals surface area contributed by atoms with E-state index in [2.05, 4.69) is 11.0 Å². The zero-order chi connectivity index (χ0) is 11.4. The molecule has 0 amide bonds. The molecule has 1 rings (SSSR count). The number of nitrogen functional groups attached to an aromatic ring is 1. The van der Waals surface area contributed by atoms with Crippen LogP contribution in [-0.2, 0) is 0 Å². The number of benzene rings is 1. The van der Waals surface area contributed by atoms with Crippen LogP contribution < -0.4 is 10.5 Å². The van der Waals surface area contributed by atoms with Crippen LogP contribution in [0.1, 0.15) is 11.1 Å². The second kappa shape index (κ2) is 5.03. The van der Waals surface area contributed by atoms with Gasteiger partial charge >= 0.3 is 0 Å². The van der Waals surface area contributed by atoms with Crippen LogP contribution in [0.15, 0.2) is 12.1 Å². The normalized spacial score (nSPS) is 10.7. The Labute approximate surface area is 91.8 Å². The van der Waals surface area contributed by atoms with Crippen LogP contribution in [0, 0.1) is 13.8 Å². The number of likely N-dealkylation sites (N-methyl/N-ethyl adjacent to an activating group) is 1. The quantitative estimate of drug-likeness (QED) is 0.767. The standard InChI is InChI=1S/C12H20N2O/c1-9-7-10(2)12(11(13)8-9)15-6-5-14(3)4/h7-8H,5-6,13H2,1-4H3. The number of nitrogens with two attached hydrogens (primary N) is 1. The van der Waals surface area contributed by atoms with Crippen LogP contribution in [0.5, 0.6) is 5.75 Å². The molecule has 1 aromatic carbocycles. The molecule has 0 heterocycles. The number of aryl methyl sites for hydroxylation is 2. The van der Waals surface area contributed by atoms with Gasteiger partial charge in [0.15, 0.2) is 0 Å². The SMILES string of the molecule is Cc1cc(C)c(OCCN(C)C)c(N)c1. The highest BCUT2D eigenvalue weighted by Crippen LogP contribution is 2.27. The van der Waals surface area contributed by atoms with E-state index in [4.69, 9.17) is 10.5 Å². The molecule has 0 unspecified atom stereocenters. The molecular weight excluding hydrogens is 188 g/mol. The summed E-state index contributed by atoms with van der Waals surface area (Å²) >= 11 is 0. The summed E-state index contributed by atoms with van der Waals surface area (Å²) in [5, 5.41) is 0. The van der Waals surface area contributed by atoms with Gasteiger partial charge in [-0.05, 0) is 45.1 Å². The number of rotatable bonds is 4. The third-order valence-electron chi connectivity index (χ3n) is 2.23. The Hall–Kier alpha value is -1.22. The van der Waals surface area contributed by atoms with Gasteiger partial charge in [-0.1, -0.05) is 6.07 Å². The predicted molar refractivity (Wildman–Crippen MR) is 64.4 cm³/mol. The van der Waals surface area contributed by atoms with E-state index in [-0.39, 0.29) is 0 Å². The summed E-state index contributed by atoms with van der Waals surface area (Å²) in [6.07, 6.45) is 0. The van der Waals surface area contributed by atoms with Crippen molar-refractivity contribution < 1.29 is 4.74 Å². The lowest BCUT2D eigenvalue weighted by molar-refractivity contribution is 0.261. The molecule has 0 saturated heterocycles. The van der Waals surface area contributed by atoms with Crippen molar-refractivity contribution in [3.63, 3.8) is 0 Å². The fourth-order valence-electron chi connectivity index (χ4n) is 1.51. The summed E-state index contributed by atoms with van der Waals surface area (Å²) in [6, 6.07) is 4.03. The van der Waals surface area contributed by atoms with Crippen LogP contribution in [0.3, 0.4) is 0 Å².